The molecule has 8 heteroatoms. The maximum Gasteiger partial charge on any atom is 0.240 e. The van der Waals surface area contributed by atoms with E-state index in [-0.39, 0.29) is 5.91 Å². The summed E-state index contributed by atoms with van der Waals surface area (Å²) in [5.41, 5.74) is 1.60. The van der Waals surface area contributed by atoms with Gasteiger partial charge in [0.05, 0.1) is 6.54 Å². The minimum Gasteiger partial charge on any atom is -0.335 e. The Morgan fingerprint density at radius 2 is 2.52 bits per heavy atom. The SMILES string of the molecule is CN(CC(=O)Nc1nncs1)C[C@@H]1CCc2nccn2C1. The molecule has 0 bridgehead atoms. The first-order valence-electron chi connectivity index (χ1n) is 6.95. The lowest BCUT2D eigenvalue weighted by Crippen LogP contribution is -2.36. The molecule has 1 amide bonds. The molecule has 1 N–H and O–H groups in total. The molecule has 0 aliphatic carbocycles. The van der Waals surface area contributed by atoms with Crippen molar-refractivity contribution in [2.24, 2.45) is 5.92 Å². The van der Waals surface area contributed by atoms with Crippen molar-refractivity contribution in [3.63, 3.8) is 0 Å². The number of likely N-dealkylation sites (N-methyl/N-ethyl adjacent to an activating group) is 1. The predicted molar refractivity (Wildman–Crippen MR) is 80.1 cm³/mol. The summed E-state index contributed by atoms with van der Waals surface area (Å²) in [4.78, 5) is 18.3. The molecular weight excluding hydrogens is 288 g/mol. The normalized spacial score (nSPS) is 17.7. The zero-order chi connectivity index (χ0) is 14.7. The summed E-state index contributed by atoms with van der Waals surface area (Å²) < 4.78 is 2.21. The first kappa shape index (κ1) is 14.2. The van der Waals surface area contributed by atoms with Crippen molar-refractivity contribution >= 4 is 22.4 Å². The Bertz CT molecular complexity index is 596. The maximum absolute atomic E-state index is 11.9. The molecule has 3 heterocycles. The molecule has 1 atom stereocenters. The van der Waals surface area contributed by atoms with Crippen LogP contribution >= 0.6 is 11.3 Å². The van der Waals surface area contributed by atoms with E-state index in [2.05, 4.69) is 30.0 Å². The average Bonchev–Trinajstić information content (AvgIpc) is 3.08. The lowest BCUT2D eigenvalue weighted by atomic mass is 9.99. The van der Waals surface area contributed by atoms with Crippen LogP contribution in [-0.2, 0) is 17.8 Å². The quantitative estimate of drug-likeness (QED) is 0.887. The Hall–Kier alpha value is -1.80. The smallest absolute Gasteiger partial charge is 0.240 e. The van der Waals surface area contributed by atoms with Crippen molar-refractivity contribution in [1.29, 1.82) is 0 Å². The maximum atomic E-state index is 11.9. The fourth-order valence-electron chi connectivity index (χ4n) is 2.72. The number of fused-ring (bicyclic) bond motifs is 1. The van der Waals surface area contributed by atoms with Crippen LogP contribution in [0.2, 0.25) is 0 Å². The highest BCUT2D eigenvalue weighted by molar-refractivity contribution is 7.13. The Morgan fingerprint density at radius 1 is 1.62 bits per heavy atom. The molecule has 0 unspecified atom stereocenters. The summed E-state index contributed by atoms with van der Waals surface area (Å²) >= 11 is 1.32. The van der Waals surface area contributed by atoms with E-state index < -0.39 is 0 Å². The van der Waals surface area contributed by atoms with E-state index in [0.717, 1.165) is 25.9 Å². The number of carbonyl (C=O) groups excluding carboxylic acids is 1. The van der Waals surface area contributed by atoms with Crippen molar-refractivity contribution in [2.45, 2.75) is 19.4 Å². The Morgan fingerprint density at radius 3 is 3.33 bits per heavy atom. The average molecular weight is 306 g/mol. The number of anilines is 1. The molecule has 1 aliphatic rings. The van der Waals surface area contributed by atoms with Crippen LogP contribution < -0.4 is 5.32 Å². The van der Waals surface area contributed by atoms with Crippen LogP contribution in [0.3, 0.4) is 0 Å². The molecule has 3 rings (SSSR count). The van der Waals surface area contributed by atoms with Gasteiger partial charge in [0.1, 0.15) is 11.3 Å². The summed E-state index contributed by atoms with van der Waals surface area (Å²) in [5, 5.41) is 10.8. The largest absolute Gasteiger partial charge is 0.335 e. The minimum atomic E-state index is -0.0478. The molecule has 0 saturated heterocycles. The number of aromatic nitrogens is 4. The van der Waals surface area contributed by atoms with Gasteiger partial charge in [-0.05, 0) is 19.4 Å². The number of carbonyl (C=O) groups is 1. The highest BCUT2D eigenvalue weighted by atomic mass is 32.1. The van der Waals surface area contributed by atoms with Gasteiger partial charge in [-0.2, -0.15) is 0 Å². The number of imidazole rings is 1. The van der Waals surface area contributed by atoms with Crippen LogP contribution in [0.5, 0.6) is 0 Å². The third-order valence-corrected chi connectivity index (χ3v) is 4.23. The van der Waals surface area contributed by atoms with Gasteiger partial charge in [0.25, 0.3) is 0 Å². The Kier molecular flexibility index (Phi) is 4.26. The van der Waals surface area contributed by atoms with Gasteiger partial charge in [-0.1, -0.05) is 11.3 Å². The molecule has 112 valence electrons. The highest BCUT2D eigenvalue weighted by Gasteiger charge is 2.20. The van der Waals surface area contributed by atoms with Crippen LogP contribution in [0.15, 0.2) is 17.9 Å². The van der Waals surface area contributed by atoms with E-state index >= 15 is 0 Å². The van der Waals surface area contributed by atoms with Gasteiger partial charge < -0.3 is 4.57 Å². The van der Waals surface area contributed by atoms with Crippen LogP contribution in [0, 0.1) is 5.92 Å². The molecular formula is C13H18N6OS. The summed E-state index contributed by atoms with van der Waals surface area (Å²) in [6.45, 7) is 2.26. The second-order valence-corrected chi connectivity index (χ2v) is 6.22. The standard InChI is InChI=1S/C13H18N6OS/c1-18(8-12(20)16-13-17-15-9-21-13)6-10-2-3-11-14-4-5-19(11)7-10/h4-5,9-10H,2-3,6-8H2,1H3,(H,16,17,20)/t10-/m0/s1. The Labute approximate surface area is 127 Å². The van der Waals surface area contributed by atoms with Gasteiger partial charge in [-0.15, -0.1) is 10.2 Å². The van der Waals surface area contributed by atoms with Crippen molar-refractivity contribution in [3.8, 4) is 0 Å². The van der Waals surface area contributed by atoms with Gasteiger partial charge in [-0.25, -0.2) is 4.98 Å². The van der Waals surface area contributed by atoms with Crippen LogP contribution in [0.25, 0.3) is 0 Å². The van der Waals surface area contributed by atoms with Crippen molar-refractivity contribution in [1.82, 2.24) is 24.6 Å². The number of hydrogen-bond donors (Lipinski definition) is 1. The van der Waals surface area contributed by atoms with Crippen molar-refractivity contribution < 1.29 is 4.79 Å². The highest BCUT2D eigenvalue weighted by Crippen LogP contribution is 2.19. The second-order valence-electron chi connectivity index (χ2n) is 5.39. The molecule has 0 radical (unpaired) electrons. The molecule has 0 fully saturated rings. The predicted octanol–water partition coefficient (Wildman–Crippen LogP) is 0.867. The fourth-order valence-corrected chi connectivity index (χ4v) is 3.18. The molecule has 7 nitrogen and oxygen atoms in total. The molecule has 2 aromatic rings. The number of aryl methyl sites for hydroxylation is 1. The number of rotatable bonds is 5. The van der Waals surface area contributed by atoms with Gasteiger partial charge in [0, 0.05) is 31.9 Å². The molecule has 0 spiro atoms. The first-order chi connectivity index (χ1) is 10.2. The van der Waals surface area contributed by atoms with Crippen molar-refractivity contribution in [2.75, 3.05) is 25.5 Å². The van der Waals surface area contributed by atoms with Crippen LogP contribution in [0.4, 0.5) is 5.13 Å². The van der Waals surface area contributed by atoms with E-state index in [0.29, 0.717) is 17.6 Å². The lowest BCUT2D eigenvalue weighted by Gasteiger charge is -2.27. The van der Waals surface area contributed by atoms with E-state index in [9.17, 15) is 4.79 Å². The third-order valence-electron chi connectivity index (χ3n) is 3.62. The monoisotopic (exact) mass is 306 g/mol. The van der Waals surface area contributed by atoms with Crippen LogP contribution in [0.1, 0.15) is 12.2 Å². The molecule has 1 aliphatic heterocycles. The zero-order valence-corrected chi connectivity index (χ0v) is 12.7. The van der Waals surface area contributed by atoms with E-state index in [1.54, 1.807) is 5.51 Å². The van der Waals surface area contributed by atoms with Gasteiger partial charge in [-0.3, -0.25) is 15.0 Å². The first-order valence-corrected chi connectivity index (χ1v) is 7.83. The van der Waals surface area contributed by atoms with E-state index in [4.69, 9.17) is 0 Å². The summed E-state index contributed by atoms with van der Waals surface area (Å²) in [5.74, 6) is 1.68. The van der Waals surface area contributed by atoms with E-state index in [1.165, 1.54) is 17.2 Å². The van der Waals surface area contributed by atoms with E-state index in [1.807, 2.05) is 19.4 Å². The molecule has 21 heavy (non-hydrogen) atoms. The lowest BCUT2D eigenvalue weighted by molar-refractivity contribution is -0.117. The number of hydrogen-bond acceptors (Lipinski definition) is 6. The summed E-state index contributed by atoms with van der Waals surface area (Å²) in [7, 11) is 1.98. The third kappa shape index (κ3) is 3.64. The Balaban J connectivity index is 1.46. The summed E-state index contributed by atoms with van der Waals surface area (Å²) in [6, 6.07) is 0. The number of amides is 1. The fraction of sp³-hybridized carbons (Fsp3) is 0.538. The van der Waals surface area contributed by atoms with Gasteiger partial charge in [0.15, 0.2) is 0 Å². The number of nitrogens with one attached hydrogen (secondary N) is 1. The molecule has 2 aromatic heterocycles. The van der Waals surface area contributed by atoms with Gasteiger partial charge in [0.2, 0.25) is 11.0 Å². The van der Waals surface area contributed by atoms with Crippen molar-refractivity contribution in [3.05, 3.63) is 23.7 Å². The zero-order valence-electron chi connectivity index (χ0n) is 11.9. The number of nitrogens with zero attached hydrogens (tertiary/aromatic N) is 5. The minimum absolute atomic E-state index is 0.0478. The second kappa shape index (κ2) is 6.31. The van der Waals surface area contributed by atoms with Gasteiger partial charge >= 0.3 is 0 Å². The topological polar surface area (TPSA) is 75.9 Å². The molecule has 0 saturated carbocycles. The summed E-state index contributed by atoms with van der Waals surface area (Å²) in [6.07, 6.45) is 6.03. The molecule has 0 aromatic carbocycles. The van der Waals surface area contributed by atoms with Crippen LogP contribution in [-0.4, -0.2) is 50.7 Å².